The van der Waals surface area contributed by atoms with Crippen LogP contribution in [0.2, 0.25) is 0 Å². The predicted molar refractivity (Wildman–Crippen MR) is 141 cm³/mol. The molecule has 0 radical (unpaired) electrons. The zero-order valence-electron chi connectivity index (χ0n) is 20.1. The van der Waals surface area contributed by atoms with Crippen LogP contribution in [0.4, 0.5) is 4.79 Å². The molecule has 11 heteroatoms. The van der Waals surface area contributed by atoms with Crippen molar-refractivity contribution in [1.82, 2.24) is 20.1 Å². The Balaban J connectivity index is 1.54. The van der Waals surface area contributed by atoms with Gasteiger partial charge in [0, 0.05) is 0 Å². The molecular weight excluding hydrogens is 511 g/mol. The van der Waals surface area contributed by atoms with Gasteiger partial charge in [-0.25, -0.2) is 0 Å². The number of thiophene rings is 1. The minimum atomic E-state index is -1.24. The van der Waals surface area contributed by atoms with Crippen molar-refractivity contribution in [2.24, 2.45) is 0 Å². The van der Waals surface area contributed by atoms with E-state index in [1.165, 1.54) is 9.80 Å². The van der Waals surface area contributed by atoms with E-state index >= 15 is 0 Å². The van der Waals surface area contributed by atoms with Crippen LogP contribution in [0.5, 0.6) is 0 Å². The van der Waals surface area contributed by atoms with Crippen LogP contribution >= 0.6 is 19.3 Å². The van der Waals surface area contributed by atoms with Gasteiger partial charge in [0.25, 0.3) is 0 Å². The van der Waals surface area contributed by atoms with E-state index in [9.17, 15) is 18.9 Å². The van der Waals surface area contributed by atoms with Crippen LogP contribution in [-0.2, 0) is 14.1 Å². The SMILES string of the molecule is CCOC(=O)N1CCN(C(=O)[C@H](C#P=O)NC(=O)c2cc(-c3ccsc3)cc(-c3ccccc3)n2)CC1. The monoisotopic (exact) mass is 536 g/mol. The van der Waals surface area contributed by atoms with Gasteiger partial charge in [-0.1, -0.05) is 0 Å². The van der Waals surface area contributed by atoms with Gasteiger partial charge in [-0.2, -0.15) is 0 Å². The number of nitrogens with one attached hydrogen (secondary N) is 1. The third-order valence-corrected chi connectivity index (χ3v) is 6.85. The quantitative estimate of drug-likeness (QED) is 0.475. The van der Waals surface area contributed by atoms with Crippen molar-refractivity contribution >= 4 is 37.2 Å². The van der Waals surface area contributed by atoms with Gasteiger partial charge < -0.3 is 0 Å². The molecule has 0 spiro atoms. The second kappa shape index (κ2) is 12.5. The molecule has 2 aromatic heterocycles. The van der Waals surface area contributed by atoms with Gasteiger partial charge in [0.05, 0.1) is 0 Å². The molecule has 4 rings (SSSR count). The van der Waals surface area contributed by atoms with E-state index in [4.69, 9.17) is 4.74 Å². The maximum atomic E-state index is 13.3. The molecule has 0 aliphatic carbocycles. The van der Waals surface area contributed by atoms with Crippen LogP contribution < -0.4 is 5.32 Å². The molecule has 9 nitrogen and oxygen atoms in total. The van der Waals surface area contributed by atoms with Gasteiger partial charge in [0.2, 0.25) is 0 Å². The summed E-state index contributed by atoms with van der Waals surface area (Å²) in [6.07, 6.45) is -0.429. The first-order chi connectivity index (χ1) is 18.0. The topological polar surface area (TPSA) is 109 Å². The third kappa shape index (κ3) is 6.54. The zero-order valence-corrected chi connectivity index (χ0v) is 21.8. The van der Waals surface area contributed by atoms with E-state index in [0.717, 1.165) is 16.7 Å². The Kier molecular flexibility index (Phi) is 8.90. The Labute approximate surface area is 219 Å². The molecule has 0 bridgehead atoms. The van der Waals surface area contributed by atoms with E-state index in [1.807, 2.05) is 53.2 Å². The summed E-state index contributed by atoms with van der Waals surface area (Å²) in [6.45, 7) is 3.10. The number of benzene rings is 1. The average Bonchev–Trinajstić information content (AvgIpc) is 3.48. The van der Waals surface area contributed by atoms with Gasteiger partial charge in [0.1, 0.15) is 0 Å². The van der Waals surface area contributed by atoms with Crippen molar-refractivity contribution < 1.29 is 23.7 Å². The van der Waals surface area contributed by atoms with Gasteiger partial charge in [-0.3, -0.25) is 0 Å². The standard InChI is InChI=1S/C26H25N4O5PS/c1-2-35-26(33)30-11-9-29(10-12-30)25(32)23(16-36-34)28-24(31)22-15-20(19-8-13-37-17-19)14-21(27-22)18-6-4-3-5-7-18/h3-8,13-15,17,23H,2,9-12H2,1H3,(H,28,31)/t23-/m0/s1. The average molecular weight is 537 g/mol. The van der Waals surface area contributed by atoms with Crippen LogP contribution in [-0.4, -0.2) is 71.5 Å². The molecule has 1 saturated heterocycles. The van der Waals surface area contributed by atoms with Crippen molar-refractivity contribution in [3.05, 3.63) is 65.0 Å². The molecule has 1 atom stereocenters. The number of hydrogen-bond donors (Lipinski definition) is 1. The summed E-state index contributed by atoms with van der Waals surface area (Å²) in [5.41, 5.74) is 5.82. The first kappa shape index (κ1) is 26.4. The number of ether oxygens (including phenoxy) is 1. The van der Waals surface area contributed by atoms with E-state index in [2.05, 4.69) is 15.9 Å². The van der Waals surface area contributed by atoms with Crippen molar-refractivity contribution in [3.8, 4) is 28.0 Å². The third-order valence-electron chi connectivity index (χ3n) is 5.80. The second-order valence-electron chi connectivity index (χ2n) is 8.14. The van der Waals surface area contributed by atoms with Crippen molar-refractivity contribution in [2.75, 3.05) is 32.8 Å². The summed E-state index contributed by atoms with van der Waals surface area (Å²) in [6, 6.07) is 13.8. The Hall–Kier alpha value is -3.71. The van der Waals surface area contributed by atoms with Gasteiger partial charge in [0.15, 0.2) is 0 Å². The molecule has 3 heterocycles. The zero-order chi connectivity index (χ0) is 26.2. The van der Waals surface area contributed by atoms with Crippen molar-refractivity contribution in [2.45, 2.75) is 13.0 Å². The van der Waals surface area contributed by atoms with E-state index in [-0.39, 0.29) is 25.4 Å². The molecule has 3 aromatic rings. The summed E-state index contributed by atoms with van der Waals surface area (Å²) in [4.78, 5) is 45.9. The number of aromatic nitrogens is 1. The molecule has 0 unspecified atom stereocenters. The van der Waals surface area contributed by atoms with Crippen LogP contribution in [0, 0.1) is 5.63 Å². The van der Waals surface area contributed by atoms with E-state index < -0.39 is 31.9 Å². The first-order valence-corrected chi connectivity index (χ1v) is 13.4. The van der Waals surface area contributed by atoms with Crippen molar-refractivity contribution in [1.29, 1.82) is 0 Å². The molecular formula is C26H25N4O5PS. The molecule has 1 aliphatic heterocycles. The number of rotatable bonds is 6. The second-order valence-corrected chi connectivity index (χ2v) is 9.36. The minimum absolute atomic E-state index is 0.122. The van der Waals surface area contributed by atoms with Crippen LogP contribution in [0.25, 0.3) is 22.4 Å². The number of amides is 3. The summed E-state index contributed by atoms with van der Waals surface area (Å²) < 4.78 is 16.4. The summed E-state index contributed by atoms with van der Waals surface area (Å²) in [7, 11) is -0.516. The number of carbonyl (C=O) groups excluding carboxylic acids is 3. The fourth-order valence-electron chi connectivity index (χ4n) is 3.91. The van der Waals surface area contributed by atoms with Crippen LogP contribution in [0.1, 0.15) is 17.4 Å². The van der Waals surface area contributed by atoms with Gasteiger partial charge in [-0.05, 0) is 0 Å². The van der Waals surface area contributed by atoms with Crippen LogP contribution in [0.3, 0.4) is 0 Å². The fraction of sp³-hybridized carbons (Fsp3) is 0.269. The van der Waals surface area contributed by atoms with Crippen molar-refractivity contribution in [3.63, 3.8) is 0 Å². The summed E-state index contributed by atoms with van der Waals surface area (Å²) >= 11 is 1.54. The fourth-order valence-corrected chi connectivity index (χ4v) is 4.86. The maximum absolute atomic E-state index is 13.3. The number of hydrogen-bond acceptors (Lipinski definition) is 7. The Morgan fingerprint density at radius 3 is 2.43 bits per heavy atom. The van der Waals surface area contributed by atoms with E-state index in [0.29, 0.717) is 18.8 Å². The molecule has 3 amide bonds. The summed E-state index contributed by atoms with van der Waals surface area (Å²) in [5, 5.41) is 6.55. The molecule has 37 heavy (non-hydrogen) atoms. The Bertz CT molecular complexity index is 1370. The Morgan fingerprint density at radius 1 is 1.05 bits per heavy atom. The molecule has 1 aliphatic rings. The number of piperazine rings is 1. The molecule has 1 aromatic carbocycles. The molecule has 0 saturated carbocycles. The molecule has 1 N–H and O–H groups in total. The Morgan fingerprint density at radius 2 is 1.78 bits per heavy atom. The number of carbonyl (C=O) groups is 3. The van der Waals surface area contributed by atoms with E-state index in [1.54, 1.807) is 24.3 Å². The molecule has 1 fully saturated rings. The predicted octanol–water partition coefficient (Wildman–Crippen LogP) is 4.13. The molecule has 190 valence electrons. The first-order valence-electron chi connectivity index (χ1n) is 11.7. The normalized spacial score (nSPS) is 13.9. The van der Waals surface area contributed by atoms with Gasteiger partial charge >= 0.3 is 220 Å². The van der Waals surface area contributed by atoms with Gasteiger partial charge in [-0.15, -0.1) is 0 Å². The number of nitrogens with zero attached hydrogens (tertiary/aromatic N) is 3. The number of pyridine rings is 1. The van der Waals surface area contributed by atoms with Crippen LogP contribution in [0.15, 0.2) is 59.3 Å². The summed E-state index contributed by atoms with van der Waals surface area (Å²) in [5.74, 6) is -1.05.